The third kappa shape index (κ3) is 15.0. The van der Waals surface area contributed by atoms with Crippen LogP contribution in [0.4, 0.5) is 26.3 Å². The van der Waals surface area contributed by atoms with Gasteiger partial charge in [-0.2, -0.15) is 26.3 Å². The Morgan fingerprint density at radius 2 is 1.31 bits per heavy atom. The molecule has 0 N–H and O–H groups in total. The van der Waals surface area contributed by atoms with Crippen LogP contribution >= 0.6 is 0 Å². The second-order valence-corrected chi connectivity index (χ2v) is 11.0. The van der Waals surface area contributed by atoms with Crippen molar-refractivity contribution in [1.82, 2.24) is 0 Å². The predicted octanol–water partition coefficient (Wildman–Crippen LogP) is 5.33. The minimum Gasteiger partial charge on any atom is -0.379 e. The van der Waals surface area contributed by atoms with E-state index in [-0.39, 0.29) is 0 Å². The van der Waals surface area contributed by atoms with Crippen molar-refractivity contribution < 1.29 is 53.5 Å². The van der Waals surface area contributed by atoms with Crippen molar-refractivity contribution >= 4 is 19.3 Å². The van der Waals surface area contributed by atoms with Gasteiger partial charge in [-0.15, -0.1) is 0 Å². The Morgan fingerprint density at radius 3 is 1.79 bits per heavy atom. The lowest BCUT2D eigenvalue weighted by atomic mass is 10.1. The SMILES string of the molecule is CCOC(OCC)O[SiH2]Cc1cccc(C(F)(F)F)c1.CO[SiH](OC)OCCCc1cccc(C(F)(F)F)c1. The van der Waals surface area contributed by atoms with Gasteiger partial charge in [-0.25, -0.2) is 0 Å². The van der Waals surface area contributed by atoms with Gasteiger partial charge in [0, 0.05) is 34.0 Å². The number of ether oxygens (including phenoxy) is 2. The largest absolute Gasteiger partial charge is 0.483 e. The van der Waals surface area contributed by atoms with Crippen molar-refractivity contribution in [1.29, 1.82) is 0 Å². The van der Waals surface area contributed by atoms with E-state index >= 15 is 0 Å². The fraction of sp³-hybridized carbons (Fsp3) is 0.520. The van der Waals surface area contributed by atoms with Crippen LogP contribution < -0.4 is 0 Å². The average molecular weight is 603 g/mol. The maximum absolute atomic E-state index is 12.6. The number of aryl methyl sites for hydroxylation is 1. The number of halogens is 6. The standard InChI is InChI=1S/C13H19F3O3Si.C12H17F3O3Si/c1-3-17-12(18-4-2)19-20-9-10-6-5-7-11(8-10)13(14,15)16;1-16-19(17-2)18-8-4-6-10-5-3-7-11(9-10)12(13,14)15/h5-8,12H,3-4,9,20H2,1-2H3;3,5,7,9,19H,4,6,8H2,1-2H3. The lowest BCUT2D eigenvalue weighted by Gasteiger charge is -2.17. The highest BCUT2D eigenvalue weighted by atomic mass is 28.3. The molecule has 0 aromatic heterocycles. The molecule has 0 bridgehead atoms. The van der Waals surface area contributed by atoms with E-state index in [1.165, 1.54) is 32.4 Å². The van der Waals surface area contributed by atoms with E-state index in [1.807, 2.05) is 13.8 Å². The second kappa shape index (κ2) is 18.5. The highest BCUT2D eigenvalue weighted by Crippen LogP contribution is 2.30. The van der Waals surface area contributed by atoms with E-state index in [0.717, 1.165) is 18.2 Å². The average Bonchev–Trinajstić information content (AvgIpc) is 2.89. The minimum atomic E-state index is -4.31. The van der Waals surface area contributed by atoms with Crippen molar-refractivity contribution in [3.8, 4) is 0 Å². The smallest absolute Gasteiger partial charge is 0.379 e. The van der Waals surface area contributed by atoms with Gasteiger partial charge in [-0.3, -0.25) is 0 Å². The van der Waals surface area contributed by atoms with Crippen LogP contribution in [0, 0.1) is 0 Å². The molecule has 0 saturated carbocycles. The second-order valence-electron chi connectivity index (χ2n) is 7.95. The minimum absolute atomic E-state index is 0.412. The van der Waals surface area contributed by atoms with Gasteiger partial charge in [-0.1, -0.05) is 36.4 Å². The fourth-order valence-corrected chi connectivity index (χ4v) is 5.06. The molecule has 0 radical (unpaired) electrons. The monoisotopic (exact) mass is 602 g/mol. The van der Waals surface area contributed by atoms with Crippen molar-refractivity contribution in [3.05, 3.63) is 70.8 Å². The van der Waals surface area contributed by atoms with Gasteiger partial charge in [0.1, 0.15) is 0 Å². The van der Waals surface area contributed by atoms with Crippen molar-refractivity contribution in [2.75, 3.05) is 34.0 Å². The van der Waals surface area contributed by atoms with Gasteiger partial charge >= 0.3 is 21.9 Å². The summed E-state index contributed by atoms with van der Waals surface area (Å²) in [4.78, 5) is 0. The summed E-state index contributed by atoms with van der Waals surface area (Å²) >= 11 is 0. The topological polar surface area (TPSA) is 55.4 Å². The normalized spacial score (nSPS) is 12.4. The Balaban J connectivity index is 0.000000391. The Hall–Kier alpha value is -1.79. The van der Waals surface area contributed by atoms with Crippen molar-refractivity contribution in [3.63, 3.8) is 0 Å². The van der Waals surface area contributed by atoms with Crippen LogP contribution in [0.3, 0.4) is 0 Å². The first-order valence-electron chi connectivity index (χ1n) is 12.3. The van der Waals surface area contributed by atoms with Crippen LogP contribution in [-0.2, 0) is 52.0 Å². The molecule has 0 unspecified atom stereocenters. The van der Waals surface area contributed by atoms with Gasteiger partial charge < -0.3 is 27.2 Å². The molecule has 0 aliphatic rings. The molecule has 0 heterocycles. The van der Waals surface area contributed by atoms with E-state index in [1.54, 1.807) is 12.1 Å². The number of alkyl halides is 6. The molecule has 14 heteroatoms. The summed E-state index contributed by atoms with van der Waals surface area (Å²) < 4.78 is 106. The predicted molar refractivity (Wildman–Crippen MR) is 139 cm³/mol. The van der Waals surface area contributed by atoms with E-state index in [9.17, 15) is 26.3 Å². The van der Waals surface area contributed by atoms with Gasteiger partial charge in [-0.05, 0) is 56.0 Å². The Morgan fingerprint density at radius 1 is 0.795 bits per heavy atom. The van der Waals surface area contributed by atoms with Gasteiger partial charge in [0.2, 0.25) is 0 Å². The first-order valence-corrected chi connectivity index (χ1v) is 15.3. The van der Waals surface area contributed by atoms with Crippen LogP contribution in [0.2, 0.25) is 0 Å². The molecular formula is C25H36F6O6Si2. The molecule has 0 aliphatic carbocycles. The fourth-order valence-electron chi connectivity index (χ4n) is 3.18. The Labute approximate surface area is 229 Å². The molecule has 2 rings (SSSR count). The molecule has 0 atom stereocenters. The Bertz CT molecular complexity index is 922. The summed E-state index contributed by atoms with van der Waals surface area (Å²) in [6.45, 7) is 4.27. The van der Waals surface area contributed by atoms with Gasteiger partial charge in [0.25, 0.3) is 6.48 Å². The van der Waals surface area contributed by atoms with Crippen LogP contribution in [0.15, 0.2) is 48.5 Å². The molecule has 0 saturated heterocycles. The summed E-state index contributed by atoms with van der Waals surface area (Å²) in [6, 6.07) is 11.1. The third-order valence-corrected chi connectivity index (χ3v) is 7.57. The molecule has 39 heavy (non-hydrogen) atoms. The zero-order valence-corrected chi connectivity index (χ0v) is 25.0. The number of rotatable bonds is 15. The van der Waals surface area contributed by atoms with E-state index in [0.29, 0.717) is 49.8 Å². The number of hydrogen-bond acceptors (Lipinski definition) is 6. The van der Waals surface area contributed by atoms with Crippen molar-refractivity contribution in [2.45, 2.75) is 51.6 Å². The molecule has 2 aromatic carbocycles. The maximum Gasteiger partial charge on any atom is 0.483 e. The zero-order chi connectivity index (χ0) is 29.3. The highest BCUT2D eigenvalue weighted by Gasteiger charge is 2.31. The molecule has 2 aromatic rings. The van der Waals surface area contributed by atoms with Crippen LogP contribution in [0.25, 0.3) is 0 Å². The highest BCUT2D eigenvalue weighted by molar-refractivity contribution is 6.36. The molecular weight excluding hydrogens is 566 g/mol. The van der Waals surface area contributed by atoms with Gasteiger partial charge in [0.15, 0.2) is 9.76 Å². The summed E-state index contributed by atoms with van der Waals surface area (Å²) in [6.07, 6.45) is -7.45. The number of hydrogen-bond donors (Lipinski definition) is 0. The van der Waals surface area contributed by atoms with E-state index in [2.05, 4.69) is 0 Å². The molecule has 0 fully saturated rings. The Kier molecular flexibility index (Phi) is 16.8. The number of benzene rings is 2. The van der Waals surface area contributed by atoms with Crippen LogP contribution in [0.1, 0.15) is 42.5 Å². The summed E-state index contributed by atoms with van der Waals surface area (Å²) in [7, 11) is -0.0728. The van der Waals surface area contributed by atoms with E-state index < -0.39 is 49.2 Å². The van der Waals surface area contributed by atoms with Crippen LogP contribution in [0.5, 0.6) is 0 Å². The molecule has 0 spiro atoms. The molecule has 6 nitrogen and oxygen atoms in total. The van der Waals surface area contributed by atoms with Crippen molar-refractivity contribution in [2.24, 2.45) is 0 Å². The first-order chi connectivity index (χ1) is 18.4. The summed E-state index contributed by atoms with van der Waals surface area (Å²) in [5, 5.41) is 0. The lowest BCUT2D eigenvalue weighted by Crippen LogP contribution is -2.24. The first kappa shape index (κ1) is 35.2. The lowest BCUT2D eigenvalue weighted by molar-refractivity contribution is -0.243. The summed E-state index contributed by atoms with van der Waals surface area (Å²) in [5.41, 5.74) is 0.0202. The molecule has 0 amide bonds. The maximum atomic E-state index is 12.6. The molecule has 222 valence electrons. The van der Waals surface area contributed by atoms with Gasteiger partial charge in [0.05, 0.1) is 11.1 Å². The van der Waals surface area contributed by atoms with Crippen LogP contribution in [-0.4, -0.2) is 59.8 Å². The zero-order valence-electron chi connectivity index (χ0n) is 22.4. The summed E-state index contributed by atoms with van der Waals surface area (Å²) in [5.74, 6) is 0. The molecule has 0 aliphatic heterocycles. The third-order valence-electron chi connectivity index (χ3n) is 5.01. The quantitative estimate of drug-likeness (QED) is 0.119. The van der Waals surface area contributed by atoms with E-state index in [4.69, 9.17) is 27.2 Å².